The zero-order valence-electron chi connectivity index (χ0n) is 23.4. The van der Waals surface area contributed by atoms with E-state index in [4.69, 9.17) is 4.74 Å². The molecule has 0 saturated heterocycles. The van der Waals surface area contributed by atoms with Gasteiger partial charge in [0.05, 0.1) is 0 Å². The lowest BCUT2D eigenvalue weighted by Crippen LogP contribution is -1.98. The van der Waals surface area contributed by atoms with Crippen molar-refractivity contribution in [3.05, 3.63) is 158 Å². The molecule has 1 heterocycles. The van der Waals surface area contributed by atoms with Crippen LogP contribution in [-0.2, 0) is 0 Å². The highest BCUT2D eigenvalue weighted by atomic mass is 16.5. The molecule has 0 unspecified atom stereocenters. The summed E-state index contributed by atoms with van der Waals surface area (Å²) in [5, 5.41) is 7.38. The third kappa shape index (κ3) is 3.65. The molecule has 0 N–H and O–H groups in total. The normalized spacial score (nSPS) is 11.9. The van der Waals surface area contributed by atoms with Crippen molar-refractivity contribution in [2.45, 2.75) is 0 Å². The molecule has 1 aliphatic rings. The van der Waals surface area contributed by atoms with Crippen LogP contribution in [0.25, 0.3) is 76.8 Å². The molecule has 0 bridgehead atoms. The highest BCUT2D eigenvalue weighted by Crippen LogP contribution is 2.51. The lowest BCUT2D eigenvalue weighted by Gasteiger charge is -2.24. The summed E-state index contributed by atoms with van der Waals surface area (Å²) in [5.41, 5.74) is 9.79. The molecule has 8 aromatic carbocycles. The second-order valence-corrected chi connectivity index (χ2v) is 11.2. The molecule has 9 rings (SSSR count). The number of hydrogen-bond donors (Lipinski definition) is 0. The van der Waals surface area contributed by atoms with Gasteiger partial charge in [0.25, 0.3) is 0 Å². The molecule has 1 nitrogen and oxygen atoms in total. The average molecular weight is 547 g/mol. The molecule has 0 radical (unpaired) electrons. The fraction of sp³-hybridized carbons (Fsp3) is 0. The first kappa shape index (κ1) is 24.0. The Hall–Kier alpha value is -5.66. The molecule has 43 heavy (non-hydrogen) atoms. The van der Waals surface area contributed by atoms with Crippen molar-refractivity contribution in [2.24, 2.45) is 0 Å². The molecule has 1 heteroatoms. The quantitative estimate of drug-likeness (QED) is 0.200. The summed E-state index contributed by atoms with van der Waals surface area (Å²) < 4.78 is 6.44. The number of benzene rings is 8. The lowest BCUT2D eigenvalue weighted by molar-refractivity contribution is 0.487. The van der Waals surface area contributed by atoms with Gasteiger partial charge in [-0.3, -0.25) is 0 Å². The van der Waals surface area contributed by atoms with E-state index in [2.05, 4.69) is 152 Å². The number of para-hydroxylation sites is 1. The van der Waals surface area contributed by atoms with E-state index < -0.39 is 0 Å². The summed E-state index contributed by atoms with van der Waals surface area (Å²) in [6, 6.07) is 56.7. The van der Waals surface area contributed by atoms with Crippen molar-refractivity contribution in [2.75, 3.05) is 0 Å². The van der Waals surface area contributed by atoms with Gasteiger partial charge in [0.2, 0.25) is 0 Å². The summed E-state index contributed by atoms with van der Waals surface area (Å²) in [4.78, 5) is 0. The average Bonchev–Trinajstić information content (AvgIpc) is 3.08. The van der Waals surface area contributed by atoms with Crippen molar-refractivity contribution >= 4 is 32.3 Å². The van der Waals surface area contributed by atoms with Gasteiger partial charge in [0, 0.05) is 10.9 Å². The van der Waals surface area contributed by atoms with E-state index in [-0.39, 0.29) is 0 Å². The van der Waals surface area contributed by atoms with Gasteiger partial charge in [0.15, 0.2) is 0 Å². The zero-order chi connectivity index (χ0) is 28.3. The Bertz CT molecular complexity index is 2310. The summed E-state index contributed by atoms with van der Waals surface area (Å²) in [6.07, 6.45) is 0. The number of fused-ring (bicyclic) bond motifs is 4. The first-order valence-electron chi connectivity index (χ1n) is 14.8. The van der Waals surface area contributed by atoms with E-state index in [1.165, 1.54) is 71.3 Å². The molecule has 0 spiro atoms. The van der Waals surface area contributed by atoms with Crippen molar-refractivity contribution < 1.29 is 4.74 Å². The van der Waals surface area contributed by atoms with Crippen LogP contribution in [0.1, 0.15) is 0 Å². The highest BCUT2D eigenvalue weighted by Gasteiger charge is 2.23. The predicted molar refractivity (Wildman–Crippen MR) is 181 cm³/mol. The molecular weight excluding hydrogens is 520 g/mol. The number of hydrogen-bond acceptors (Lipinski definition) is 1. The van der Waals surface area contributed by atoms with Crippen LogP contribution in [-0.4, -0.2) is 0 Å². The smallest absolute Gasteiger partial charge is 0.135 e. The fourth-order valence-electron chi connectivity index (χ4n) is 7.01. The van der Waals surface area contributed by atoms with Crippen LogP contribution >= 0.6 is 0 Å². The molecule has 1 aliphatic heterocycles. The van der Waals surface area contributed by atoms with Crippen molar-refractivity contribution in [1.82, 2.24) is 0 Å². The van der Waals surface area contributed by atoms with Crippen LogP contribution in [0.3, 0.4) is 0 Å². The number of rotatable bonds is 3. The largest absolute Gasteiger partial charge is 0.456 e. The minimum absolute atomic E-state index is 0.910. The van der Waals surface area contributed by atoms with E-state index in [0.717, 1.165) is 17.1 Å². The van der Waals surface area contributed by atoms with Gasteiger partial charge in [-0.2, -0.15) is 0 Å². The Morgan fingerprint density at radius 2 is 0.837 bits per heavy atom. The van der Waals surface area contributed by atoms with Crippen molar-refractivity contribution in [1.29, 1.82) is 0 Å². The van der Waals surface area contributed by atoms with Gasteiger partial charge in [0.1, 0.15) is 11.5 Å². The SMILES string of the molecule is c1ccc(-c2cccc(-c3c4ccccc4c(-c4ccc5c6c(cccc46)Oc4ccccc4-5)c4ccccc34)c2)cc1. The van der Waals surface area contributed by atoms with E-state index in [0.29, 0.717) is 0 Å². The van der Waals surface area contributed by atoms with Gasteiger partial charge in [-0.05, 0) is 84.1 Å². The third-order valence-electron chi connectivity index (χ3n) is 8.86. The van der Waals surface area contributed by atoms with Gasteiger partial charge < -0.3 is 4.74 Å². The van der Waals surface area contributed by atoms with E-state index >= 15 is 0 Å². The van der Waals surface area contributed by atoms with Gasteiger partial charge >= 0.3 is 0 Å². The molecule has 0 aromatic heterocycles. The minimum Gasteiger partial charge on any atom is -0.456 e. The monoisotopic (exact) mass is 546 g/mol. The van der Waals surface area contributed by atoms with E-state index in [1.807, 2.05) is 6.07 Å². The molecule has 0 fully saturated rings. The minimum atomic E-state index is 0.910. The summed E-state index contributed by atoms with van der Waals surface area (Å²) in [5.74, 6) is 1.82. The molecule has 0 atom stereocenters. The topological polar surface area (TPSA) is 9.23 Å². The van der Waals surface area contributed by atoms with Crippen LogP contribution in [0.5, 0.6) is 11.5 Å². The maximum Gasteiger partial charge on any atom is 0.135 e. The second kappa shape index (κ2) is 9.44. The van der Waals surface area contributed by atoms with Crippen LogP contribution < -0.4 is 4.74 Å². The molecule has 0 amide bonds. The standard InChI is InChI=1S/C42H26O/c1-2-12-27(13-3-1)28-14-10-15-29(26-28)40-31-17-4-6-19-33(31)41(34-20-7-5-18-32(34)40)37-25-24-36-30-16-8-9-22-38(30)43-39-23-11-21-35(37)42(36)39/h1-26H. The van der Waals surface area contributed by atoms with E-state index in [9.17, 15) is 0 Å². The van der Waals surface area contributed by atoms with E-state index in [1.54, 1.807) is 0 Å². The molecular formula is C42H26O. The first-order valence-corrected chi connectivity index (χ1v) is 14.8. The van der Waals surface area contributed by atoms with Crippen LogP contribution in [0, 0.1) is 0 Å². The molecule has 0 aliphatic carbocycles. The molecule has 200 valence electrons. The third-order valence-corrected chi connectivity index (χ3v) is 8.86. The second-order valence-electron chi connectivity index (χ2n) is 11.2. The maximum atomic E-state index is 6.44. The van der Waals surface area contributed by atoms with Gasteiger partial charge in [-0.25, -0.2) is 0 Å². The lowest BCUT2D eigenvalue weighted by atomic mass is 9.83. The van der Waals surface area contributed by atoms with Crippen molar-refractivity contribution in [3.63, 3.8) is 0 Å². The highest BCUT2D eigenvalue weighted by molar-refractivity contribution is 6.24. The summed E-state index contributed by atoms with van der Waals surface area (Å²) in [6.45, 7) is 0. The zero-order valence-corrected chi connectivity index (χ0v) is 23.4. The van der Waals surface area contributed by atoms with Crippen LogP contribution in [0.15, 0.2) is 158 Å². The Kier molecular flexibility index (Phi) is 5.27. The Balaban J connectivity index is 1.36. The predicted octanol–water partition coefficient (Wildman–Crippen LogP) is 11.9. The summed E-state index contributed by atoms with van der Waals surface area (Å²) in [7, 11) is 0. The van der Waals surface area contributed by atoms with Gasteiger partial charge in [-0.15, -0.1) is 0 Å². The van der Waals surface area contributed by atoms with Crippen LogP contribution in [0.4, 0.5) is 0 Å². The Morgan fingerprint density at radius 1 is 0.302 bits per heavy atom. The van der Waals surface area contributed by atoms with Crippen molar-refractivity contribution in [3.8, 4) is 56.0 Å². The maximum absolute atomic E-state index is 6.44. The Morgan fingerprint density at radius 3 is 1.60 bits per heavy atom. The Labute approximate surface area is 250 Å². The molecule has 0 saturated carbocycles. The molecule has 8 aromatic rings. The fourth-order valence-corrected chi connectivity index (χ4v) is 7.01. The number of ether oxygens (including phenoxy) is 1. The van der Waals surface area contributed by atoms with Gasteiger partial charge in [-0.1, -0.05) is 140 Å². The van der Waals surface area contributed by atoms with Crippen LogP contribution in [0.2, 0.25) is 0 Å². The first-order chi connectivity index (χ1) is 21.3. The summed E-state index contributed by atoms with van der Waals surface area (Å²) >= 11 is 0.